The van der Waals surface area contributed by atoms with E-state index in [1.165, 1.54) is 5.56 Å². The molecule has 1 heterocycles. The van der Waals surface area contributed by atoms with Gasteiger partial charge in [0.2, 0.25) is 0 Å². The highest BCUT2D eigenvalue weighted by molar-refractivity contribution is 5.94. The van der Waals surface area contributed by atoms with E-state index in [1.807, 2.05) is 54.6 Å². The van der Waals surface area contributed by atoms with Gasteiger partial charge in [-0.15, -0.1) is 0 Å². The summed E-state index contributed by atoms with van der Waals surface area (Å²) in [6.45, 7) is 3.90. The lowest BCUT2D eigenvalue weighted by molar-refractivity contribution is 0.0953. The van der Waals surface area contributed by atoms with Crippen LogP contribution in [0.25, 0.3) is 11.0 Å². The number of imidazole rings is 1. The quantitative estimate of drug-likeness (QED) is 0.358. The molecule has 3 aromatic carbocycles. The summed E-state index contributed by atoms with van der Waals surface area (Å²) >= 11 is 0. The maximum absolute atomic E-state index is 12.4. The molecule has 6 nitrogen and oxygen atoms in total. The average molecular weight is 444 g/mol. The molecule has 1 aromatic heterocycles. The van der Waals surface area contributed by atoms with Gasteiger partial charge in [0.15, 0.2) is 0 Å². The topological polar surface area (TPSA) is 65.4 Å². The molecule has 6 heteroatoms. The molecule has 0 aliphatic carbocycles. The summed E-state index contributed by atoms with van der Waals surface area (Å²) in [4.78, 5) is 17.3. The van der Waals surface area contributed by atoms with Crippen molar-refractivity contribution in [2.45, 2.75) is 26.3 Å². The minimum absolute atomic E-state index is 0.103. The predicted molar refractivity (Wildman–Crippen MR) is 130 cm³/mol. The van der Waals surface area contributed by atoms with Gasteiger partial charge in [-0.3, -0.25) is 4.79 Å². The van der Waals surface area contributed by atoms with Gasteiger partial charge < -0.3 is 19.4 Å². The number of nitrogens with one attached hydrogen (secondary N) is 1. The minimum atomic E-state index is -0.103. The second kappa shape index (κ2) is 10.7. The van der Waals surface area contributed by atoms with Gasteiger partial charge in [-0.2, -0.15) is 0 Å². The fourth-order valence-electron chi connectivity index (χ4n) is 3.77. The Hall–Kier alpha value is -3.80. The number of carbonyl (C=O) groups is 1. The third-order valence-corrected chi connectivity index (χ3v) is 5.53. The van der Waals surface area contributed by atoms with Crippen molar-refractivity contribution in [2.75, 3.05) is 20.3 Å². The molecule has 33 heavy (non-hydrogen) atoms. The van der Waals surface area contributed by atoms with E-state index in [0.717, 1.165) is 35.4 Å². The molecule has 1 N–H and O–H groups in total. The number of aryl methyl sites for hydroxylation is 2. The lowest BCUT2D eigenvalue weighted by Crippen LogP contribution is -2.25. The van der Waals surface area contributed by atoms with E-state index in [-0.39, 0.29) is 5.91 Å². The SMILES string of the molecule is COc1cccc(C(=O)NCCCc2nc3ccccc3n2CCOc2ccc(C)cc2)c1. The largest absolute Gasteiger partial charge is 0.497 e. The van der Waals surface area contributed by atoms with Gasteiger partial charge in [-0.1, -0.05) is 35.9 Å². The van der Waals surface area contributed by atoms with Crippen molar-refractivity contribution in [2.24, 2.45) is 0 Å². The number of fused-ring (bicyclic) bond motifs is 1. The van der Waals surface area contributed by atoms with Gasteiger partial charge in [-0.05, 0) is 55.8 Å². The summed E-state index contributed by atoms with van der Waals surface area (Å²) in [5.41, 5.74) is 3.88. The number of aromatic nitrogens is 2. The van der Waals surface area contributed by atoms with Crippen molar-refractivity contribution in [3.05, 3.63) is 89.7 Å². The van der Waals surface area contributed by atoms with Crippen LogP contribution in [0.2, 0.25) is 0 Å². The molecule has 0 unspecified atom stereocenters. The molecule has 0 bridgehead atoms. The van der Waals surface area contributed by atoms with Crippen LogP contribution in [0.4, 0.5) is 0 Å². The average Bonchev–Trinajstić information content (AvgIpc) is 3.20. The van der Waals surface area contributed by atoms with Crippen molar-refractivity contribution in [3.8, 4) is 11.5 Å². The summed E-state index contributed by atoms with van der Waals surface area (Å²) in [5.74, 6) is 2.43. The maximum atomic E-state index is 12.4. The van der Waals surface area contributed by atoms with E-state index in [0.29, 0.717) is 31.0 Å². The first-order valence-electron chi connectivity index (χ1n) is 11.2. The predicted octanol–water partition coefficient (Wildman–Crippen LogP) is 4.79. The lowest BCUT2D eigenvalue weighted by atomic mass is 10.2. The zero-order valence-corrected chi connectivity index (χ0v) is 19.1. The zero-order chi connectivity index (χ0) is 23.0. The van der Waals surface area contributed by atoms with Crippen LogP contribution in [0.1, 0.15) is 28.2 Å². The fourth-order valence-corrected chi connectivity index (χ4v) is 3.77. The third-order valence-electron chi connectivity index (χ3n) is 5.53. The first-order chi connectivity index (χ1) is 16.1. The number of ether oxygens (including phenoxy) is 2. The summed E-state index contributed by atoms with van der Waals surface area (Å²) in [7, 11) is 1.59. The Bertz CT molecular complexity index is 1220. The summed E-state index contributed by atoms with van der Waals surface area (Å²) in [6, 6.07) is 23.4. The Morgan fingerprint density at radius 1 is 1.00 bits per heavy atom. The zero-order valence-electron chi connectivity index (χ0n) is 19.1. The lowest BCUT2D eigenvalue weighted by Gasteiger charge is -2.11. The number of para-hydroxylation sites is 2. The number of amides is 1. The Balaban J connectivity index is 1.35. The van der Waals surface area contributed by atoms with Crippen LogP contribution in [0.5, 0.6) is 11.5 Å². The van der Waals surface area contributed by atoms with Crippen LogP contribution >= 0.6 is 0 Å². The van der Waals surface area contributed by atoms with Crippen molar-refractivity contribution in [3.63, 3.8) is 0 Å². The van der Waals surface area contributed by atoms with Crippen molar-refractivity contribution in [1.29, 1.82) is 0 Å². The normalized spacial score (nSPS) is 10.8. The molecule has 0 fully saturated rings. The Morgan fingerprint density at radius 3 is 2.64 bits per heavy atom. The van der Waals surface area contributed by atoms with E-state index < -0.39 is 0 Å². The van der Waals surface area contributed by atoms with Crippen molar-refractivity contribution >= 4 is 16.9 Å². The monoisotopic (exact) mass is 443 g/mol. The van der Waals surface area contributed by atoms with E-state index in [1.54, 1.807) is 19.2 Å². The number of hydrogen-bond donors (Lipinski definition) is 1. The molecule has 0 aliphatic heterocycles. The summed E-state index contributed by atoms with van der Waals surface area (Å²) in [6.07, 6.45) is 1.55. The molecule has 0 spiro atoms. The molecular formula is C27H29N3O3. The van der Waals surface area contributed by atoms with Crippen LogP contribution < -0.4 is 14.8 Å². The van der Waals surface area contributed by atoms with Crippen LogP contribution in [0, 0.1) is 6.92 Å². The van der Waals surface area contributed by atoms with E-state index in [9.17, 15) is 4.79 Å². The molecule has 0 saturated carbocycles. The van der Waals surface area contributed by atoms with E-state index in [2.05, 4.69) is 22.9 Å². The van der Waals surface area contributed by atoms with Gasteiger partial charge in [-0.25, -0.2) is 4.98 Å². The standard InChI is InChI=1S/C27H29N3O3/c1-20-12-14-22(15-13-20)33-18-17-30-25-10-4-3-9-24(25)29-26(30)11-6-16-28-27(31)21-7-5-8-23(19-21)32-2/h3-5,7-10,12-15,19H,6,11,16-18H2,1-2H3,(H,28,31). The second-order valence-electron chi connectivity index (χ2n) is 7.92. The van der Waals surface area contributed by atoms with E-state index >= 15 is 0 Å². The Kier molecular flexibility index (Phi) is 7.25. The Labute approximate surface area is 194 Å². The van der Waals surface area contributed by atoms with Crippen molar-refractivity contribution in [1.82, 2.24) is 14.9 Å². The molecule has 170 valence electrons. The van der Waals surface area contributed by atoms with E-state index in [4.69, 9.17) is 14.5 Å². The molecule has 0 radical (unpaired) electrons. The number of benzene rings is 3. The molecule has 1 amide bonds. The first kappa shape index (κ1) is 22.4. The van der Waals surface area contributed by atoms with Crippen LogP contribution in [-0.4, -0.2) is 35.7 Å². The van der Waals surface area contributed by atoms with Crippen LogP contribution in [0.15, 0.2) is 72.8 Å². The summed E-state index contributed by atoms with van der Waals surface area (Å²) in [5, 5.41) is 2.99. The molecule has 0 saturated heterocycles. The highest BCUT2D eigenvalue weighted by Crippen LogP contribution is 2.18. The van der Waals surface area contributed by atoms with Crippen LogP contribution in [0.3, 0.4) is 0 Å². The highest BCUT2D eigenvalue weighted by Gasteiger charge is 2.11. The number of hydrogen-bond acceptors (Lipinski definition) is 4. The molecule has 0 atom stereocenters. The Morgan fingerprint density at radius 2 is 1.82 bits per heavy atom. The number of carbonyl (C=O) groups excluding carboxylic acids is 1. The maximum Gasteiger partial charge on any atom is 0.251 e. The van der Waals surface area contributed by atoms with Crippen molar-refractivity contribution < 1.29 is 14.3 Å². The summed E-state index contributed by atoms with van der Waals surface area (Å²) < 4.78 is 13.4. The second-order valence-corrected chi connectivity index (χ2v) is 7.92. The number of nitrogens with zero attached hydrogens (tertiary/aromatic N) is 2. The molecular weight excluding hydrogens is 414 g/mol. The minimum Gasteiger partial charge on any atom is -0.497 e. The van der Waals surface area contributed by atoms with Gasteiger partial charge in [0.1, 0.15) is 23.9 Å². The molecule has 4 rings (SSSR count). The molecule has 0 aliphatic rings. The fraction of sp³-hybridized carbons (Fsp3) is 0.259. The third kappa shape index (κ3) is 5.71. The number of methoxy groups -OCH3 is 1. The number of rotatable bonds is 10. The van der Waals surface area contributed by atoms with Crippen LogP contribution in [-0.2, 0) is 13.0 Å². The van der Waals surface area contributed by atoms with Gasteiger partial charge >= 0.3 is 0 Å². The molecule has 4 aromatic rings. The highest BCUT2D eigenvalue weighted by atomic mass is 16.5. The first-order valence-corrected chi connectivity index (χ1v) is 11.2. The smallest absolute Gasteiger partial charge is 0.251 e. The van der Waals surface area contributed by atoms with Gasteiger partial charge in [0.05, 0.1) is 24.7 Å². The van der Waals surface area contributed by atoms with Gasteiger partial charge in [0, 0.05) is 18.5 Å². The van der Waals surface area contributed by atoms with Gasteiger partial charge in [0.25, 0.3) is 5.91 Å².